The largest absolute Gasteiger partial charge is 0.315 e. The number of hydrogen-bond donors (Lipinski definition) is 1. The van der Waals surface area contributed by atoms with Gasteiger partial charge in [-0.05, 0) is 0 Å². The van der Waals surface area contributed by atoms with Crippen LogP contribution in [-0.2, 0) is 0 Å². The van der Waals surface area contributed by atoms with E-state index in [-0.39, 0.29) is 0 Å². The van der Waals surface area contributed by atoms with E-state index in [1.807, 2.05) is 6.21 Å². The highest BCUT2D eigenvalue weighted by molar-refractivity contribution is 6.20. The monoisotopic (exact) mass is 96.1 g/mol. The fourth-order valence-corrected chi connectivity index (χ4v) is 0.642. The van der Waals surface area contributed by atoms with Crippen molar-refractivity contribution in [1.82, 2.24) is 5.32 Å². The fourth-order valence-electron chi connectivity index (χ4n) is 0.642. The van der Waals surface area contributed by atoms with Gasteiger partial charge < -0.3 is 5.32 Å². The van der Waals surface area contributed by atoms with Gasteiger partial charge in [0.2, 0.25) is 0 Å². The van der Waals surface area contributed by atoms with Gasteiger partial charge in [0.05, 0.1) is 6.54 Å². The maximum absolute atomic E-state index is 4.07. The van der Waals surface area contributed by atoms with Gasteiger partial charge in [0.15, 0.2) is 0 Å². The Labute approximate surface area is 44.4 Å². The number of nitrogens with one attached hydrogen (secondary N) is 1. The molecule has 0 aromatic rings. The number of rotatable bonds is 0. The first-order valence-electron chi connectivity index (χ1n) is 2.63. The van der Waals surface area contributed by atoms with Crippen molar-refractivity contribution in [3.8, 4) is 0 Å². The minimum absolute atomic E-state index is 0.494. The molecule has 0 radical (unpaired) electrons. The van der Waals surface area contributed by atoms with Crippen LogP contribution in [0.1, 0.15) is 0 Å². The SMILES string of the molecule is BC1C=NCCN1. The molecule has 38 valence electrons. The Morgan fingerprint density at radius 1 is 1.86 bits per heavy atom. The summed E-state index contributed by atoms with van der Waals surface area (Å²) < 4.78 is 0. The molecular formula is C4H9BN2. The number of nitrogens with zero attached hydrogens (tertiary/aromatic N) is 1. The number of aliphatic imine (C=N–C) groups is 1. The van der Waals surface area contributed by atoms with Crippen LogP contribution in [0.2, 0.25) is 0 Å². The van der Waals surface area contributed by atoms with E-state index in [0.29, 0.717) is 5.94 Å². The van der Waals surface area contributed by atoms with Gasteiger partial charge >= 0.3 is 0 Å². The van der Waals surface area contributed by atoms with Crippen LogP contribution in [-0.4, -0.2) is 33.1 Å². The van der Waals surface area contributed by atoms with Gasteiger partial charge in [0.25, 0.3) is 0 Å². The van der Waals surface area contributed by atoms with E-state index in [2.05, 4.69) is 18.2 Å². The zero-order valence-corrected chi connectivity index (χ0v) is 4.52. The molecular weight excluding hydrogens is 86.9 g/mol. The lowest BCUT2D eigenvalue weighted by Gasteiger charge is -2.11. The van der Waals surface area contributed by atoms with Crippen molar-refractivity contribution >= 4 is 14.1 Å². The van der Waals surface area contributed by atoms with E-state index in [4.69, 9.17) is 0 Å². The van der Waals surface area contributed by atoms with E-state index in [0.717, 1.165) is 13.1 Å². The average molecular weight is 95.9 g/mol. The Morgan fingerprint density at radius 2 is 2.71 bits per heavy atom. The maximum atomic E-state index is 4.07. The normalized spacial score (nSPS) is 30.6. The lowest BCUT2D eigenvalue weighted by atomic mass is 9.97. The second-order valence-corrected chi connectivity index (χ2v) is 1.80. The van der Waals surface area contributed by atoms with E-state index >= 15 is 0 Å². The van der Waals surface area contributed by atoms with Crippen molar-refractivity contribution in [2.75, 3.05) is 13.1 Å². The third-order valence-electron chi connectivity index (χ3n) is 1.04. The van der Waals surface area contributed by atoms with Crippen LogP contribution in [0.3, 0.4) is 0 Å². The van der Waals surface area contributed by atoms with Crippen molar-refractivity contribution in [3.63, 3.8) is 0 Å². The molecule has 3 heteroatoms. The van der Waals surface area contributed by atoms with Crippen molar-refractivity contribution in [3.05, 3.63) is 0 Å². The second kappa shape index (κ2) is 2.12. The highest BCUT2D eigenvalue weighted by Gasteiger charge is 1.98. The van der Waals surface area contributed by atoms with E-state index < -0.39 is 0 Å². The topological polar surface area (TPSA) is 24.4 Å². The lowest BCUT2D eigenvalue weighted by Crippen LogP contribution is -2.36. The Kier molecular flexibility index (Phi) is 1.47. The van der Waals surface area contributed by atoms with Crippen LogP contribution in [0.5, 0.6) is 0 Å². The molecule has 1 atom stereocenters. The highest BCUT2D eigenvalue weighted by Crippen LogP contribution is 1.78. The lowest BCUT2D eigenvalue weighted by molar-refractivity contribution is 0.712. The van der Waals surface area contributed by atoms with Crippen LogP contribution in [0, 0.1) is 0 Å². The molecule has 1 heterocycles. The smallest absolute Gasteiger partial charge is 0.130 e. The molecule has 0 saturated carbocycles. The predicted molar refractivity (Wildman–Crippen MR) is 33.7 cm³/mol. The molecule has 0 fully saturated rings. The molecule has 0 amide bonds. The first-order valence-corrected chi connectivity index (χ1v) is 2.63. The molecule has 1 unspecified atom stereocenters. The molecule has 0 aromatic heterocycles. The molecule has 2 nitrogen and oxygen atoms in total. The van der Waals surface area contributed by atoms with Gasteiger partial charge in [-0.3, -0.25) is 4.99 Å². The molecule has 0 saturated heterocycles. The summed E-state index contributed by atoms with van der Waals surface area (Å²) in [7, 11) is 2.10. The van der Waals surface area contributed by atoms with Crippen LogP contribution in [0.4, 0.5) is 0 Å². The first kappa shape index (κ1) is 4.84. The first-order chi connectivity index (χ1) is 3.39. The molecule has 1 aliphatic heterocycles. The molecule has 0 spiro atoms. The van der Waals surface area contributed by atoms with E-state index in [1.165, 1.54) is 0 Å². The number of hydrogen-bond acceptors (Lipinski definition) is 2. The third-order valence-corrected chi connectivity index (χ3v) is 1.04. The van der Waals surface area contributed by atoms with Gasteiger partial charge in [0.1, 0.15) is 7.85 Å². The molecule has 0 aromatic carbocycles. The predicted octanol–water partition coefficient (Wildman–Crippen LogP) is -1.38. The summed E-state index contributed by atoms with van der Waals surface area (Å²) >= 11 is 0. The zero-order chi connectivity index (χ0) is 5.11. The van der Waals surface area contributed by atoms with Crippen LogP contribution < -0.4 is 5.32 Å². The quantitative estimate of drug-likeness (QED) is 0.369. The van der Waals surface area contributed by atoms with Crippen molar-refractivity contribution in [1.29, 1.82) is 0 Å². The van der Waals surface area contributed by atoms with Crippen molar-refractivity contribution in [2.24, 2.45) is 4.99 Å². The Morgan fingerprint density at radius 3 is 3.00 bits per heavy atom. The van der Waals surface area contributed by atoms with Gasteiger partial charge in [-0.2, -0.15) is 0 Å². The Bertz CT molecular complexity index is 81.8. The highest BCUT2D eigenvalue weighted by atomic mass is 15.0. The van der Waals surface area contributed by atoms with Crippen molar-refractivity contribution < 1.29 is 0 Å². The van der Waals surface area contributed by atoms with E-state index in [1.54, 1.807) is 0 Å². The third kappa shape index (κ3) is 1.31. The van der Waals surface area contributed by atoms with E-state index in [9.17, 15) is 0 Å². The second-order valence-electron chi connectivity index (χ2n) is 1.80. The molecule has 1 N–H and O–H groups in total. The summed E-state index contributed by atoms with van der Waals surface area (Å²) in [6.45, 7) is 1.99. The van der Waals surface area contributed by atoms with Gasteiger partial charge in [-0.25, -0.2) is 0 Å². The average Bonchev–Trinajstić information content (AvgIpc) is 1.69. The van der Waals surface area contributed by atoms with Crippen LogP contribution >= 0.6 is 0 Å². The van der Waals surface area contributed by atoms with Crippen LogP contribution in [0.15, 0.2) is 4.99 Å². The molecule has 0 bridgehead atoms. The van der Waals surface area contributed by atoms with Gasteiger partial charge in [-0.15, -0.1) is 0 Å². The summed E-state index contributed by atoms with van der Waals surface area (Å²) in [6, 6.07) is 0. The molecule has 1 rings (SSSR count). The summed E-state index contributed by atoms with van der Waals surface area (Å²) in [5.41, 5.74) is 0. The summed E-state index contributed by atoms with van der Waals surface area (Å²) in [5, 5.41) is 3.23. The maximum Gasteiger partial charge on any atom is 0.130 e. The van der Waals surface area contributed by atoms with Gasteiger partial charge in [0, 0.05) is 18.7 Å². The minimum atomic E-state index is 0.494. The minimum Gasteiger partial charge on any atom is -0.315 e. The standard InChI is InChI=1S/C4H9BN2/c5-4-3-6-1-2-7-4/h3-4,7H,1-2,5H2. The van der Waals surface area contributed by atoms with Gasteiger partial charge in [-0.1, -0.05) is 0 Å². The Balaban J connectivity index is 2.36. The molecule has 0 aliphatic carbocycles. The molecule has 1 aliphatic rings. The summed E-state index contributed by atoms with van der Waals surface area (Å²) in [5.74, 6) is 0.494. The van der Waals surface area contributed by atoms with Crippen LogP contribution in [0.25, 0.3) is 0 Å². The summed E-state index contributed by atoms with van der Waals surface area (Å²) in [4.78, 5) is 4.07. The Hall–Kier alpha value is -0.305. The molecule has 7 heavy (non-hydrogen) atoms. The summed E-state index contributed by atoms with van der Waals surface area (Å²) in [6.07, 6.45) is 1.95. The fraction of sp³-hybridized carbons (Fsp3) is 0.750. The van der Waals surface area contributed by atoms with Crippen molar-refractivity contribution in [2.45, 2.75) is 5.94 Å². The zero-order valence-electron chi connectivity index (χ0n) is 4.52.